The van der Waals surface area contributed by atoms with Gasteiger partial charge in [0.05, 0.1) is 18.8 Å². The summed E-state index contributed by atoms with van der Waals surface area (Å²) in [5, 5.41) is 15.4. The van der Waals surface area contributed by atoms with Crippen molar-refractivity contribution in [1.82, 2.24) is 14.7 Å². The number of aliphatic hydroxyl groups excluding tert-OH is 1. The van der Waals surface area contributed by atoms with Gasteiger partial charge in [-0.05, 0) is 50.1 Å². The van der Waals surface area contributed by atoms with Crippen molar-refractivity contribution < 1.29 is 14.6 Å². The van der Waals surface area contributed by atoms with Gasteiger partial charge in [-0.25, -0.2) is 4.68 Å². The largest absolute Gasteiger partial charge is 0.497 e. The Morgan fingerprint density at radius 1 is 1.12 bits per heavy atom. The standard InChI is InChI=1S/C27H35N3O3/c1-5-7-13-22(31)19-30(18-6-2)20-25-26(21-11-9-8-10-12-21)28-29(3)27(25)33-24-16-14-23(32-4)15-17-24/h5,8-12,14-17,22,31H,1,6-7,13,18-20H2,2-4H3/t22-/m1/s1. The number of ether oxygens (including phenoxy) is 2. The van der Waals surface area contributed by atoms with E-state index in [0.717, 1.165) is 42.0 Å². The molecule has 0 spiro atoms. The molecule has 33 heavy (non-hydrogen) atoms. The Balaban J connectivity index is 1.95. The molecule has 0 aliphatic carbocycles. The quantitative estimate of drug-likeness (QED) is 0.353. The normalized spacial score (nSPS) is 12.0. The minimum atomic E-state index is -0.405. The highest BCUT2D eigenvalue weighted by atomic mass is 16.5. The van der Waals surface area contributed by atoms with Crippen LogP contribution in [0.2, 0.25) is 0 Å². The van der Waals surface area contributed by atoms with Crippen LogP contribution in [0.25, 0.3) is 11.3 Å². The van der Waals surface area contributed by atoms with Gasteiger partial charge in [0.2, 0.25) is 5.88 Å². The molecule has 3 rings (SSSR count). The number of aromatic nitrogens is 2. The van der Waals surface area contributed by atoms with Crippen molar-refractivity contribution in [3.8, 4) is 28.6 Å². The lowest BCUT2D eigenvalue weighted by atomic mass is 10.1. The van der Waals surface area contributed by atoms with Crippen LogP contribution in [0, 0.1) is 0 Å². The van der Waals surface area contributed by atoms with E-state index < -0.39 is 6.10 Å². The lowest BCUT2D eigenvalue weighted by molar-refractivity contribution is 0.102. The third-order valence-electron chi connectivity index (χ3n) is 5.50. The summed E-state index contributed by atoms with van der Waals surface area (Å²) >= 11 is 0. The third-order valence-corrected chi connectivity index (χ3v) is 5.50. The minimum absolute atomic E-state index is 0.405. The Labute approximate surface area is 197 Å². The first-order valence-corrected chi connectivity index (χ1v) is 11.5. The van der Waals surface area contributed by atoms with Crippen LogP contribution < -0.4 is 9.47 Å². The fourth-order valence-corrected chi connectivity index (χ4v) is 3.88. The molecular weight excluding hydrogens is 414 g/mol. The van der Waals surface area contributed by atoms with Crippen molar-refractivity contribution in [1.29, 1.82) is 0 Å². The Hall–Kier alpha value is -3.09. The zero-order valence-electron chi connectivity index (χ0n) is 19.9. The van der Waals surface area contributed by atoms with E-state index >= 15 is 0 Å². The predicted molar refractivity (Wildman–Crippen MR) is 133 cm³/mol. The summed E-state index contributed by atoms with van der Waals surface area (Å²) in [5.74, 6) is 2.19. The number of allylic oxidation sites excluding steroid dienone is 1. The maximum Gasteiger partial charge on any atom is 0.222 e. The molecule has 1 heterocycles. The van der Waals surface area contributed by atoms with E-state index in [1.807, 2.05) is 55.6 Å². The molecule has 0 amide bonds. The highest BCUT2D eigenvalue weighted by molar-refractivity contribution is 5.65. The molecule has 1 aromatic heterocycles. The molecule has 176 valence electrons. The van der Waals surface area contributed by atoms with E-state index in [1.165, 1.54) is 0 Å². The maximum absolute atomic E-state index is 10.5. The van der Waals surface area contributed by atoms with Gasteiger partial charge in [0, 0.05) is 25.7 Å². The van der Waals surface area contributed by atoms with Crippen molar-refractivity contribution in [2.45, 2.75) is 38.8 Å². The van der Waals surface area contributed by atoms with Crippen molar-refractivity contribution in [2.75, 3.05) is 20.2 Å². The fraction of sp³-hybridized carbons (Fsp3) is 0.370. The average molecular weight is 450 g/mol. The van der Waals surface area contributed by atoms with Crippen molar-refractivity contribution in [2.24, 2.45) is 7.05 Å². The molecule has 6 nitrogen and oxygen atoms in total. The fourth-order valence-electron chi connectivity index (χ4n) is 3.88. The molecule has 0 saturated heterocycles. The second kappa shape index (κ2) is 12.2. The summed E-state index contributed by atoms with van der Waals surface area (Å²) in [6, 6.07) is 17.7. The molecule has 1 N–H and O–H groups in total. The van der Waals surface area contributed by atoms with Crippen molar-refractivity contribution >= 4 is 0 Å². The molecule has 0 bridgehead atoms. The average Bonchev–Trinajstić information content (AvgIpc) is 3.13. The van der Waals surface area contributed by atoms with Gasteiger partial charge >= 0.3 is 0 Å². The first kappa shape index (κ1) is 24.6. The Kier molecular flexibility index (Phi) is 9.10. The van der Waals surface area contributed by atoms with Crippen LogP contribution in [0.1, 0.15) is 31.7 Å². The van der Waals surface area contributed by atoms with E-state index in [9.17, 15) is 5.11 Å². The molecule has 0 aliphatic rings. The number of aryl methyl sites for hydroxylation is 1. The third kappa shape index (κ3) is 6.70. The Morgan fingerprint density at radius 3 is 2.45 bits per heavy atom. The monoisotopic (exact) mass is 449 g/mol. The summed E-state index contributed by atoms with van der Waals surface area (Å²) < 4.78 is 13.4. The molecule has 0 radical (unpaired) electrons. The van der Waals surface area contributed by atoms with Crippen LogP contribution in [-0.2, 0) is 13.6 Å². The van der Waals surface area contributed by atoms with Crippen LogP contribution in [0.5, 0.6) is 17.4 Å². The molecule has 1 atom stereocenters. The van der Waals surface area contributed by atoms with E-state index in [-0.39, 0.29) is 0 Å². The van der Waals surface area contributed by atoms with Crippen molar-refractivity contribution in [3.63, 3.8) is 0 Å². The summed E-state index contributed by atoms with van der Waals surface area (Å²) in [6.45, 7) is 8.01. The maximum atomic E-state index is 10.5. The second-order valence-electron chi connectivity index (χ2n) is 8.15. The Morgan fingerprint density at radius 2 is 1.82 bits per heavy atom. The van der Waals surface area contributed by atoms with Crippen LogP contribution in [0.3, 0.4) is 0 Å². The van der Waals surface area contributed by atoms with E-state index in [2.05, 4.69) is 30.5 Å². The topological polar surface area (TPSA) is 59.8 Å². The molecule has 6 heteroatoms. The first-order valence-electron chi connectivity index (χ1n) is 11.5. The molecule has 0 fully saturated rings. The van der Waals surface area contributed by atoms with Gasteiger partial charge in [-0.1, -0.05) is 43.3 Å². The summed E-state index contributed by atoms with van der Waals surface area (Å²) in [7, 11) is 3.55. The summed E-state index contributed by atoms with van der Waals surface area (Å²) in [5.41, 5.74) is 2.93. The number of hydrogen-bond acceptors (Lipinski definition) is 5. The highest BCUT2D eigenvalue weighted by Gasteiger charge is 2.23. The van der Waals surface area contributed by atoms with Crippen LogP contribution in [0.15, 0.2) is 67.3 Å². The molecule has 2 aromatic carbocycles. The van der Waals surface area contributed by atoms with Gasteiger partial charge in [-0.3, -0.25) is 4.90 Å². The van der Waals surface area contributed by atoms with E-state index in [4.69, 9.17) is 14.6 Å². The molecule has 3 aromatic rings. The molecular formula is C27H35N3O3. The summed E-state index contributed by atoms with van der Waals surface area (Å²) in [6.07, 6.45) is 3.94. The van der Waals surface area contributed by atoms with Gasteiger partial charge in [-0.2, -0.15) is 5.10 Å². The summed E-state index contributed by atoms with van der Waals surface area (Å²) in [4.78, 5) is 2.28. The van der Waals surface area contributed by atoms with Gasteiger partial charge in [0.1, 0.15) is 17.2 Å². The van der Waals surface area contributed by atoms with Gasteiger partial charge in [0.25, 0.3) is 0 Å². The van der Waals surface area contributed by atoms with E-state index in [0.29, 0.717) is 31.1 Å². The first-order chi connectivity index (χ1) is 16.0. The second-order valence-corrected chi connectivity index (χ2v) is 8.15. The SMILES string of the molecule is C=CCC[C@@H](O)CN(CCC)Cc1c(-c2ccccc2)nn(C)c1Oc1ccc(OC)cc1. The highest BCUT2D eigenvalue weighted by Crippen LogP contribution is 2.34. The van der Waals surface area contributed by atoms with Crippen LogP contribution in [0.4, 0.5) is 0 Å². The lowest BCUT2D eigenvalue weighted by Crippen LogP contribution is -2.33. The number of hydrogen-bond donors (Lipinski definition) is 1. The zero-order valence-corrected chi connectivity index (χ0v) is 19.9. The molecule has 0 saturated carbocycles. The Bertz CT molecular complexity index is 999. The number of rotatable bonds is 13. The van der Waals surface area contributed by atoms with Gasteiger partial charge in [0.15, 0.2) is 0 Å². The van der Waals surface area contributed by atoms with Crippen LogP contribution >= 0.6 is 0 Å². The van der Waals surface area contributed by atoms with Crippen LogP contribution in [-0.4, -0.2) is 46.1 Å². The number of aliphatic hydroxyl groups is 1. The zero-order chi connectivity index (χ0) is 23.6. The predicted octanol–water partition coefficient (Wildman–Crippen LogP) is 5.43. The number of methoxy groups -OCH3 is 1. The lowest BCUT2D eigenvalue weighted by Gasteiger charge is -2.25. The number of nitrogens with zero attached hydrogens (tertiary/aromatic N) is 3. The molecule has 0 unspecified atom stereocenters. The number of benzene rings is 2. The van der Waals surface area contributed by atoms with Gasteiger partial charge in [-0.15, -0.1) is 6.58 Å². The van der Waals surface area contributed by atoms with Gasteiger partial charge < -0.3 is 14.6 Å². The van der Waals surface area contributed by atoms with Crippen molar-refractivity contribution in [3.05, 3.63) is 72.8 Å². The van der Waals surface area contributed by atoms with E-state index in [1.54, 1.807) is 11.8 Å². The smallest absolute Gasteiger partial charge is 0.222 e. The molecule has 0 aliphatic heterocycles. The minimum Gasteiger partial charge on any atom is -0.497 e.